The summed E-state index contributed by atoms with van der Waals surface area (Å²) in [4.78, 5) is 16.7. The molecule has 2 heterocycles. The van der Waals surface area contributed by atoms with E-state index in [0.29, 0.717) is 10.8 Å². The Balaban J connectivity index is 1.41. The SMILES string of the molecule is COc1ccc(-n2cnnc2SCC(=O)Nc2cnc3ccccc3c2)cc1. The molecule has 140 valence electrons. The summed E-state index contributed by atoms with van der Waals surface area (Å²) in [5.41, 5.74) is 2.45. The molecule has 8 heteroatoms. The maximum atomic E-state index is 12.3. The number of methoxy groups -OCH3 is 1. The van der Waals surface area contributed by atoms with Gasteiger partial charge in [0.15, 0.2) is 5.16 Å². The molecule has 2 aromatic heterocycles. The lowest BCUT2D eigenvalue weighted by molar-refractivity contribution is -0.113. The number of nitrogens with one attached hydrogen (secondary N) is 1. The second-order valence-corrected chi connectivity index (χ2v) is 6.88. The molecule has 0 saturated heterocycles. The third-order valence-electron chi connectivity index (χ3n) is 4.07. The van der Waals surface area contributed by atoms with Crippen LogP contribution in [-0.2, 0) is 4.79 Å². The van der Waals surface area contributed by atoms with Gasteiger partial charge in [0.05, 0.1) is 30.3 Å². The summed E-state index contributed by atoms with van der Waals surface area (Å²) >= 11 is 1.32. The summed E-state index contributed by atoms with van der Waals surface area (Å²) in [7, 11) is 1.62. The first kappa shape index (κ1) is 18.0. The van der Waals surface area contributed by atoms with E-state index >= 15 is 0 Å². The van der Waals surface area contributed by atoms with Crippen LogP contribution < -0.4 is 10.1 Å². The predicted molar refractivity (Wildman–Crippen MR) is 109 cm³/mol. The Morgan fingerprint density at radius 3 is 2.82 bits per heavy atom. The zero-order valence-corrected chi connectivity index (χ0v) is 15.9. The Kier molecular flexibility index (Phi) is 5.20. The minimum absolute atomic E-state index is 0.133. The molecule has 4 rings (SSSR count). The summed E-state index contributed by atoms with van der Waals surface area (Å²) in [6, 6.07) is 17.2. The maximum Gasteiger partial charge on any atom is 0.234 e. The Hall–Kier alpha value is -3.39. The molecule has 28 heavy (non-hydrogen) atoms. The molecule has 0 fully saturated rings. The van der Waals surface area contributed by atoms with Crippen LogP contribution in [-0.4, -0.2) is 38.5 Å². The van der Waals surface area contributed by atoms with Gasteiger partial charge in [-0.25, -0.2) is 0 Å². The second-order valence-electron chi connectivity index (χ2n) is 5.94. The molecule has 2 aromatic carbocycles. The lowest BCUT2D eigenvalue weighted by Crippen LogP contribution is -2.14. The van der Waals surface area contributed by atoms with Crippen LogP contribution in [0.1, 0.15) is 0 Å². The van der Waals surface area contributed by atoms with Crippen molar-refractivity contribution in [3.8, 4) is 11.4 Å². The van der Waals surface area contributed by atoms with Crippen molar-refractivity contribution in [1.29, 1.82) is 0 Å². The number of fused-ring (bicyclic) bond motifs is 1. The first-order valence-electron chi connectivity index (χ1n) is 8.55. The number of amides is 1. The fourth-order valence-electron chi connectivity index (χ4n) is 2.71. The highest BCUT2D eigenvalue weighted by atomic mass is 32.2. The fraction of sp³-hybridized carbons (Fsp3) is 0.100. The molecule has 0 aliphatic carbocycles. The van der Waals surface area contributed by atoms with Gasteiger partial charge in [-0.15, -0.1) is 10.2 Å². The topological polar surface area (TPSA) is 81.9 Å². The van der Waals surface area contributed by atoms with Gasteiger partial charge in [-0.3, -0.25) is 14.3 Å². The molecule has 0 bridgehead atoms. The maximum absolute atomic E-state index is 12.3. The van der Waals surface area contributed by atoms with Gasteiger partial charge in [0, 0.05) is 11.1 Å². The molecule has 0 aliphatic heterocycles. The Labute approximate surface area is 165 Å². The van der Waals surface area contributed by atoms with Crippen molar-refractivity contribution in [2.75, 3.05) is 18.2 Å². The number of thioether (sulfide) groups is 1. The molecule has 0 radical (unpaired) electrons. The van der Waals surface area contributed by atoms with Crippen molar-refractivity contribution in [1.82, 2.24) is 19.7 Å². The monoisotopic (exact) mass is 391 g/mol. The number of pyridine rings is 1. The van der Waals surface area contributed by atoms with Crippen LogP contribution in [0.5, 0.6) is 5.75 Å². The number of para-hydroxylation sites is 1. The summed E-state index contributed by atoms with van der Waals surface area (Å²) in [6.07, 6.45) is 3.28. The molecule has 0 atom stereocenters. The van der Waals surface area contributed by atoms with E-state index in [1.165, 1.54) is 11.8 Å². The molecule has 0 spiro atoms. The van der Waals surface area contributed by atoms with Crippen molar-refractivity contribution >= 4 is 34.3 Å². The molecule has 0 aliphatic rings. The van der Waals surface area contributed by atoms with Gasteiger partial charge in [0.25, 0.3) is 0 Å². The van der Waals surface area contributed by atoms with Crippen molar-refractivity contribution in [2.45, 2.75) is 5.16 Å². The fourth-order valence-corrected chi connectivity index (χ4v) is 3.44. The molecule has 7 nitrogen and oxygen atoms in total. The van der Waals surface area contributed by atoms with E-state index in [0.717, 1.165) is 22.3 Å². The van der Waals surface area contributed by atoms with E-state index in [9.17, 15) is 4.79 Å². The van der Waals surface area contributed by atoms with Crippen LogP contribution in [0.2, 0.25) is 0 Å². The quantitative estimate of drug-likeness (QED) is 0.506. The number of hydrogen-bond acceptors (Lipinski definition) is 6. The van der Waals surface area contributed by atoms with Gasteiger partial charge in [-0.2, -0.15) is 0 Å². The highest BCUT2D eigenvalue weighted by Crippen LogP contribution is 2.22. The summed E-state index contributed by atoms with van der Waals surface area (Å²) in [5, 5.41) is 12.6. The van der Waals surface area contributed by atoms with Gasteiger partial charge in [0.2, 0.25) is 5.91 Å². The average Bonchev–Trinajstić information content (AvgIpc) is 3.21. The first-order chi connectivity index (χ1) is 13.7. The third-order valence-corrected chi connectivity index (χ3v) is 5.02. The number of anilines is 1. The van der Waals surface area contributed by atoms with E-state index < -0.39 is 0 Å². The van der Waals surface area contributed by atoms with E-state index in [2.05, 4.69) is 20.5 Å². The van der Waals surface area contributed by atoms with Gasteiger partial charge in [-0.1, -0.05) is 30.0 Å². The standard InChI is InChI=1S/C20H17N5O2S/c1-27-17-8-6-16(7-9-17)25-13-22-24-20(25)28-12-19(26)23-15-10-14-4-2-3-5-18(14)21-11-15/h2-11,13H,12H2,1H3,(H,23,26). The van der Waals surface area contributed by atoms with Gasteiger partial charge >= 0.3 is 0 Å². The zero-order valence-electron chi connectivity index (χ0n) is 15.1. The summed E-state index contributed by atoms with van der Waals surface area (Å²) < 4.78 is 7.00. The molecule has 0 unspecified atom stereocenters. The number of carbonyl (C=O) groups excluding carboxylic acids is 1. The van der Waals surface area contributed by atoms with Crippen molar-refractivity contribution < 1.29 is 9.53 Å². The largest absolute Gasteiger partial charge is 0.497 e. The van der Waals surface area contributed by atoms with E-state index in [4.69, 9.17) is 4.74 Å². The zero-order chi connectivity index (χ0) is 19.3. The molecule has 4 aromatic rings. The van der Waals surface area contributed by atoms with Crippen LogP contribution in [0.15, 0.2) is 72.3 Å². The molecular weight excluding hydrogens is 374 g/mol. The number of aromatic nitrogens is 4. The highest BCUT2D eigenvalue weighted by Gasteiger charge is 2.11. The number of hydrogen-bond donors (Lipinski definition) is 1. The van der Waals surface area contributed by atoms with Crippen LogP contribution in [0.25, 0.3) is 16.6 Å². The average molecular weight is 391 g/mol. The summed E-state index contributed by atoms with van der Waals surface area (Å²) in [6.45, 7) is 0. The highest BCUT2D eigenvalue weighted by molar-refractivity contribution is 7.99. The number of ether oxygens (including phenoxy) is 1. The first-order valence-corrected chi connectivity index (χ1v) is 9.53. The van der Waals surface area contributed by atoms with Crippen molar-refractivity contribution in [3.05, 3.63) is 67.1 Å². The lowest BCUT2D eigenvalue weighted by Gasteiger charge is -2.08. The second kappa shape index (κ2) is 8.10. The Morgan fingerprint density at radius 2 is 2.00 bits per heavy atom. The van der Waals surface area contributed by atoms with E-state index in [1.807, 2.05) is 59.2 Å². The predicted octanol–water partition coefficient (Wildman–Crippen LogP) is 3.55. The van der Waals surface area contributed by atoms with Crippen molar-refractivity contribution in [3.63, 3.8) is 0 Å². The van der Waals surface area contributed by atoms with Gasteiger partial charge < -0.3 is 10.1 Å². The minimum Gasteiger partial charge on any atom is -0.497 e. The normalized spacial score (nSPS) is 10.8. The third kappa shape index (κ3) is 3.96. The number of benzene rings is 2. The van der Waals surface area contributed by atoms with E-state index in [-0.39, 0.29) is 11.7 Å². The number of carbonyl (C=O) groups is 1. The van der Waals surface area contributed by atoms with Crippen LogP contribution >= 0.6 is 11.8 Å². The number of rotatable bonds is 6. The molecule has 0 saturated carbocycles. The van der Waals surface area contributed by atoms with Crippen LogP contribution in [0.4, 0.5) is 5.69 Å². The Morgan fingerprint density at radius 1 is 1.18 bits per heavy atom. The smallest absolute Gasteiger partial charge is 0.234 e. The number of nitrogens with zero attached hydrogens (tertiary/aromatic N) is 4. The molecule has 1 N–H and O–H groups in total. The van der Waals surface area contributed by atoms with Gasteiger partial charge in [-0.05, 0) is 36.4 Å². The molecular formula is C20H17N5O2S. The minimum atomic E-state index is -0.133. The lowest BCUT2D eigenvalue weighted by atomic mass is 10.2. The molecule has 1 amide bonds. The summed E-state index contributed by atoms with van der Waals surface area (Å²) in [5.74, 6) is 0.850. The van der Waals surface area contributed by atoms with Crippen LogP contribution in [0.3, 0.4) is 0 Å². The van der Waals surface area contributed by atoms with E-state index in [1.54, 1.807) is 19.6 Å². The Bertz CT molecular complexity index is 1110. The van der Waals surface area contributed by atoms with Crippen LogP contribution in [0, 0.1) is 0 Å². The van der Waals surface area contributed by atoms with Gasteiger partial charge in [0.1, 0.15) is 12.1 Å². The van der Waals surface area contributed by atoms with Crippen molar-refractivity contribution in [2.24, 2.45) is 0 Å².